The van der Waals surface area contributed by atoms with Crippen molar-refractivity contribution in [3.63, 3.8) is 0 Å². The summed E-state index contributed by atoms with van der Waals surface area (Å²) in [7, 11) is -1.52. The zero-order valence-corrected chi connectivity index (χ0v) is 19.1. The maximum Gasteiger partial charge on any atom is 0.191 e. The summed E-state index contributed by atoms with van der Waals surface area (Å²) >= 11 is 0. The number of rotatable bonds is 10. The Hall–Kier alpha value is -1.67. The number of guanidine groups is 1. The number of halogens is 1. The number of aliphatic imine (C=N–C) groups is 1. The third-order valence-electron chi connectivity index (χ3n) is 5.28. The Morgan fingerprint density at radius 2 is 1.87 bits per heavy atom. The zero-order valence-electron chi connectivity index (χ0n) is 18.3. The summed E-state index contributed by atoms with van der Waals surface area (Å²) in [6.07, 6.45) is 11.2. The van der Waals surface area contributed by atoms with Crippen molar-refractivity contribution in [2.45, 2.75) is 69.8 Å². The number of sulfone groups is 1. The molecule has 1 fully saturated rings. The van der Waals surface area contributed by atoms with Gasteiger partial charge < -0.3 is 15.4 Å². The molecule has 1 aromatic carbocycles. The summed E-state index contributed by atoms with van der Waals surface area (Å²) in [5, 5.41) is 6.38. The first-order valence-corrected chi connectivity index (χ1v) is 12.9. The largest absolute Gasteiger partial charge is 0.378 e. The highest BCUT2D eigenvalue weighted by molar-refractivity contribution is 7.89. The van der Waals surface area contributed by atoms with Gasteiger partial charge in [0.1, 0.15) is 5.82 Å². The van der Waals surface area contributed by atoms with Gasteiger partial charge in [0.25, 0.3) is 0 Å². The van der Waals surface area contributed by atoms with Crippen molar-refractivity contribution < 1.29 is 17.5 Å². The van der Waals surface area contributed by atoms with Crippen molar-refractivity contribution in [1.29, 1.82) is 0 Å². The van der Waals surface area contributed by atoms with Crippen LogP contribution in [-0.4, -0.2) is 46.9 Å². The van der Waals surface area contributed by atoms with Gasteiger partial charge in [-0.1, -0.05) is 31.7 Å². The molecule has 0 spiro atoms. The maximum absolute atomic E-state index is 13.6. The molecule has 0 saturated heterocycles. The summed E-state index contributed by atoms with van der Waals surface area (Å²) in [5.74, 6) is 0.104. The number of hydrogen-bond acceptors (Lipinski definition) is 4. The van der Waals surface area contributed by atoms with Gasteiger partial charge in [0.05, 0.1) is 11.9 Å². The Kier molecular flexibility index (Phi) is 10.6. The van der Waals surface area contributed by atoms with Crippen LogP contribution in [0.1, 0.15) is 62.5 Å². The highest BCUT2D eigenvalue weighted by Crippen LogP contribution is 2.20. The first-order valence-electron chi connectivity index (χ1n) is 10.9. The van der Waals surface area contributed by atoms with Gasteiger partial charge in [-0.15, -0.1) is 0 Å². The van der Waals surface area contributed by atoms with Crippen molar-refractivity contribution in [1.82, 2.24) is 10.6 Å². The van der Waals surface area contributed by atoms with Gasteiger partial charge in [0.15, 0.2) is 15.8 Å². The van der Waals surface area contributed by atoms with Crippen LogP contribution in [0.2, 0.25) is 0 Å². The number of unbranched alkanes of at least 4 members (excludes halogenated alkanes) is 1. The summed E-state index contributed by atoms with van der Waals surface area (Å²) in [5.41, 5.74) is 1.21. The first kappa shape index (κ1) is 24.6. The molecular weight excluding hydrogens is 405 g/mol. The molecule has 1 aromatic rings. The van der Waals surface area contributed by atoms with E-state index in [1.165, 1.54) is 63.0 Å². The van der Waals surface area contributed by atoms with E-state index < -0.39 is 9.84 Å². The standard InChI is InChI=1S/C22H36FN3O3S/c1-24-22(25-13-7-8-14-29-21-9-5-3-4-6-10-21)26-16-19-15-20(23)12-11-18(19)17-30(2,27)28/h11-12,15,21H,3-10,13-14,16-17H2,1-2H3,(H2,24,25,26). The molecule has 0 bridgehead atoms. The van der Waals surface area contributed by atoms with Gasteiger partial charge in [-0.2, -0.15) is 0 Å². The van der Waals surface area contributed by atoms with E-state index in [0.717, 1.165) is 26.0 Å². The monoisotopic (exact) mass is 441 g/mol. The Balaban J connectivity index is 1.70. The van der Waals surface area contributed by atoms with Crippen LogP contribution in [0.4, 0.5) is 4.39 Å². The third-order valence-corrected chi connectivity index (χ3v) is 6.11. The second-order valence-electron chi connectivity index (χ2n) is 8.03. The van der Waals surface area contributed by atoms with E-state index >= 15 is 0 Å². The lowest BCUT2D eigenvalue weighted by molar-refractivity contribution is 0.0411. The molecular formula is C22H36FN3O3S. The van der Waals surface area contributed by atoms with Crippen LogP contribution in [-0.2, 0) is 26.9 Å². The fraction of sp³-hybridized carbons (Fsp3) is 0.682. The molecule has 2 rings (SSSR count). The van der Waals surface area contributed by atoms with E-state index in [4.69, 9.17) is 4.74 Å². The minimum Gasteiger partial charge on any atom is -0.378 e. The van der Waals surface area contributed by atoms with Crippen molar-refractivity contribution in [3.05, 3.63) is 35.1 Å². The molecule has 0 aromatic heterocycles. The number of hydrogen-bond donors (Lipinski definition) is 2. The van der Waals surface area contributed by atoms with Gasteiger partial charge >= 0.3 is 0 Å². The molecule has 2 N–H and O–H groups in total. The Bertz CT molecular complexity index is 776. The van der Waals surface area contributed by atoms with E-state index in [1.807, 2.05) is 0 Å². The molecule has 0 atom stereocenters. The highest BCUT2D eigenvalue weighted by atomic mass is 32.2. The van der Waals surface area contributed by atoms with Crippen molar-refractivity contribution in [2.75, 3.05) is 26.5 Å². The second kappa shape index (κ2) is 12.9. The maximum atomic E-state index is 13.6. The van der Waals surface area contributed by atoms with Crippen LogP contribution in [0.25, 0.3) is 0 Å². The number of nitrogens with one attached hydrogen (secondary N) is 2. The molecule has 8 heteroatoms. The number of benzene rings is 1. The minimum atomic E-state index is -3.20. The summed E-state index contributed by atoms with van der Waals surface area (Å²) in [4.78, 5) is 4.18. The minimum absolute atomic E-state index is 0.114. The van der Waals surface area contributed by atoms with E-state index in [2.05, 4.69) is 15.6 Å². The quantitative estimate of drug-likeness (QED) is 0.251. The molecule has 1 aliphatic rings. The van der Waals surface area contributed by atoms with E-state index in [9.17, 15) is 12.8 Å². The smallest absolute Gasteiger partial charge is 0.191 e. The summed E-state index contributed by atoms with van der Waals surface area (Å²) < 4.78 is 42.9. The van der Waals surface area contributed by atoms with E-state index in [-0.39, 0.29) is 11.6 Å². The Morgan fingerprint density at radius 1 is 1.13 bits per heavy atom. The molecule has 6 nitrogen and oxygen atoms in total. The van der Waals surface area contributed by atoms with Crippen molar-refractivity contribution >= 4 is 15.8 Å². The van der Waals surface area contributed by atoms with Crippen LogP contribution in [0.15, 0.2) is 23.2 Å². The van der Waals surface area contributed by atoms with Gasteiger partial charge in [-0.3, -0.25) is 4.99 Å². The molecule has 0 unspecified atom stereocenters. The average molecular weight is 442 g/mol. The lowest BCUT2D eigenvalue weighted by atomic mass is 10.1. The average Bonchev–Trinajstić information content (AvgIpc) is 2.96. The lowest BCUT2D eigenvalue weighted by Crippen LogP contribution is -2.37. The van der Waals surface area contributed by atoms with E-state index in [0.29, 0.717) is 29.7 Å². The number of nitrogens with zero attached hydrogens (tertiary/aromatic N) is 1. The van der Waals surface area contributed by atoms with Gasteiger partial charge in [0.2, 0.25) is 0 Å². The third kappa shape index (κ3) is 9.89. The molecule has 170 valence electrons. The lowest BCUT2D eigenvalue weighted by Gasteiger charge is -2.16. The van der Waals surface area contributed by atoms with Crippen molar-refractivity contribution in [2.24, 2.45) is 4.99 Å². The molecule has 0 amide bonds. The van der Waals surface area contributed by atoms with Crippen molar-refractivity contribution in [3.8, 4) is 0 Å². The Morgan fingerprint density at radius 3 is 2.53 bits per heavy atom. The molecule has 0 radical (unpaired) electrons. The fourth-order valence-corrected chi connectivity index (χ4v) is 4.52. The molecule has 1 saturated carbocycles. The van der Waals surface area contributed by atoms with Crippen LogP contribution in [0, 0.1) is 5.82 Å². The molecule has 30 heavy (non-hydrogen) atoms. The topological polar surface area (TPSA) is 79.8 Å². The van der Waals surface area contributed by atoms with E-state index in [1.54, 1.807) is 7.05 Å². The predicted octanol–water partition coefficient (Wildman–Crippen LogP) is 3.55. The highest BCUT2D eigenvalue weighted by Gasteiger charge is 2.12. The van der Waals surface area contributed by atoms with Crippen LogP contribution in [0.5, 0.6) is 0 Å². The van der Waals surface area contributed by atoms with Gasteiger partial charge in [0, 0.05) is 33.0 Å². The normalized spacial score (nSPS) is 16.3. The van der Waals surface area contributed by atoms with Gasteiger partial charge in [-0.05, 0) is 48.9 Å². The van der Waals surface area contributed by atoms with Crippen LogP contribution < -0.4 is 10.6 Å². The fourth-order valence-electron chi connectivity index (χ4n) is 3.67. The number of ether oxygens (including phenoxy) is 1. The SMILES string of the molecule is CN=C(NCCCCOC1CCCCCC1)NCc1cc(F)ccc1CS(C)(=O)=O. The predicted molar refractivity (Wildman–Crippen MR) is 120 cm³/mol. The summed E-state index contributed by atoms with van der Waals surface area (Å²) in [6.45, 7) is 1.84. The first-order chi connectivity index (χ1) is 14.4. The van der Waals surface area contributed by atoms with Crippen LogP contribution >= 0.6 is 0 Å². The second-order valence-corrected chi connectivity index (χ2v) is 10.2. The van der Waals surface area contributed by atoms with Gasteiger partial charge in [-0.25, -0.2) is 12.8 Å². The molecule has 1 aliphatic carbocycles. The molecule has 0 aliphatic heterocycles. The molecule has 0 heterocycles. The van der Waals surface area contributed by atoms with Crippen LogP contribution in [0.3, 0.4) is 0 Å². The Labute approximate surface area is 180 Å². The summed E-state index contributed by atoms with van der Waals surface area (Å²) in [6, 6.07) is 4.18. The zero-order chi connectivity index (χ0) is 21.8.